The molecule has 256 valence electrons. The molecule has 2 fully saturated rings. The van der Waals surface area contributed by atoms with Crippen LogP contribution in [-0.2, 0) is 30.5 Å². The van der Waals surface area contributed by atoms with E-state index in [0.29, 0.717) is 0 Å². The third-order valence-electron chi connectivity index (χ3n) is 6.48. The van der Waals surface area contributed by atoms with Crippen LogP contribution in [0.3, 0.4) is 0 Å². The van der Waals surface area contributed by atoms with Gasteiger partial charge >= 0.3 is 21.1 Å². The van der Waals surface area contributed by atoms with Gasteiger partial charge in [-0.1, -0.05) is 0 Å². The Hall–Kier alpha value is -2.83. The van der Waals surface area contributed by atoms with Crippen molar-refractivity contribution in [2.45, 2.75) is 49.1 Å². The number of hydrogen-bond donors (Lipinski definition) is 12. The van der Waals surface area contributed by atoms with Crippen LogP contribution in [0.2, 0.25) is 0 Å². The van der Waals surface area contributed by atoms with Crippen molar-refractivity contribution in [3.05, 3.63) is 33.4 Å². The number of aliphatic hydroxyl groups is 6. The molecule has 0 aliphatic carbocycles. The molecule has 2 saturated heterocycles. The maximum Gasteiger partial charge on any atom is 2.00 e. The van der Waals surface area contributed by atoms with Gasteiger partial charge in [0.1, 0.15) is 36.6 Å². The summed E-state index contributed by atoms with van der Waals surface area (Å²) in [7, 11) is 0. The van der Waals surface area contributed by atoms with E-state index >= 15 is 0 Å². The van der Waals surface area contributed by atoms with Gasteiger partial charge in [0.15, 0.2) is 34.8 Å². The van der Waals surface area contributed by atoms with Crippen LogP contribution in [0.5, 0.6) is 0 Å². The first-order chi connectivity index (χ1) is 19.0. The van der Waals surface area contributed by atoms with E-state index in [1.165, 1.54) is 21.8 Å². The SMILES string of the molecule is N.N.Nc1nc2c(ncn2[C@@H]2O[C@H](CO)[C@@H](O)[C@H]2O)c(=O)[nH]1.Nc1nc2c(ncn2[C@@H]2O[C@H](CO)[C@@H](O)[C@H]2O)c(=O)[nH]1.[Cl-].[Cl-].[Pt+2]. The van der Waals surface area contributed by atoms with Crippen molar-refractivity contribution in [2.75, 3.05) is 24.7 Å². The number of rotatable bonds is 4. The molecule has 2 aliphatic rings. The number of nitrogens with two attached hydrogens (primary N) is 2. The summed E-state index contributed by atoms with van der Waals surface area (Å²) in [6.07, 6.45) is -6.43. The molecule has 6 rings (SSSR count). The van der Waals surface area contributed by atoms with E-state index in [2.05, 4.69) is 29.9 Å². The predicted octanol–water partition coefficient (Wildman–Crippen LogP) is -11.0. The summed E-state index contributed by atoms with van der Waals surface area (Å²) in [6.45, 7) is -0.894. The van der Waals surface area contributed by atoms with Crippen LogP contribution >= 0.6 is 0 Å². The number of aliphatic hydroxyl groups excluding tert-OH is 6. The van der Waals surface area contributed by atoms with Crippen molar-refractivity contribution >= 4 is 34.2 Å². The Labute approximate surface area is 278 Å². The molecule has 0 radical (unpaired) electrons. The largest absolute Gasteiger partial charge is 2.00 e. The van der Waals surface area contributed by atoms with E-state index in [1.807, 2.05) is 0 Å². The van der Waals surface area contributed by atoms with E-state index in [1.54, 1.807) is 0 Å². The summed E-state index contributed by atoms with van der Waals surface area (Å²) in [5.74, 6) is -0.202. The number of aromatic amines is 2. The molecular weight excluding hydrogens is 834 g/mol. The summed E-state index contributed by atoms with van der Waals surface area (Å²) < 4.78 is 13.3. The molecule has 22 nitrogen and oxygen atoms in total. The first-order valence-corrected chi connectivity index (χ1v) is 11.7. The van der Waals surface area contributed by atoms with Crippen molar-refractivity contribution in [1.29, 1.82) is 0 Å². The van der Waals surface area contributed by atoms with Crippen molar-refractivity contribution in [3.63, 3.8) is 0 Å². The molecule has 6 heterocycles. The van der Waals surface area contributed by atoms with Gasteiger partial charge in [-0.05, 0) is 0 Å². The van der Waals surface area contributed by atoms with Crippen molar-refractivity contribution < 1.29 is 86.0 Å². The molecule has 0 aromatic carbocycles. The van der Waals surface area contributed by atoms with Crippen LogP contribution in [0.15, 0.2) is 22.2 Å². The number of nitrogen functional groups attached to an aromatic ring is 2. The first-order valence-electron chi connectivity index (χ1n) is 11.7. The van der Waals surface area contributed by atoms with E-state index in [0.717, 1.165) is 0 Å². The van der Waals surface area contributed by atoms with E-state index in [4.69, 9.17) is 31.2 Å². The predicted molar refractivity (Wildman–Crippen MR) is 141 cm³/mol. The van der Waals surface area contributed by atoms with Gasteiger partial charge in [0.25, 0.3) is 11.1 Å². The molecule has 0 saturated carbocycles. The summed E-state index contributed by atoms with van der Waals surface area (Å²) in [5, 5.41) is 57.5. The fourth-order valence-electron chi connectivity index (χ4n) is 4.48. The van der Waals surface area contributed by atoms with Crippen LogP contribution in [0.1, 0.15) is 12.5 Å². The third-order valence-corrected chi connectivity index (χ3v) is 6.48. The van der Waals surface area contributed by atoms with E-state index in [9.17, 15) is 30.0 Å². The Morgan fingerprint density at radius 1 is 0.711 bits per heavy atom. The average Bonchev–Trinajstić information content (AvgIpc) is 3.66. The molecule has 8 atom stereocenters. The average molecular weight is 867 g/mol. The number of halogens is 2. The van der Waals surface area contributed by atoms with Crippen LogP contribution in [0.25, 0.3) is 22.3 Å². The molecule has 45 heavy (non-hydrogen) atoms. The minimum absolute atomic E-state index is 0. The number of ether oxygens (including phenoxy) is 2. The Morgan fingerprint density at radius 2 is 1.04 bits per heavy atom. The normalized spacial score (nSPS) is 26.8. The minimum atomic E-state index is -1.29. The summed E-state index contributed by atoms with van der Waals surface area (Å²) in [6, 6.07) is 0. The second-order valence-corrected chi connectivity index (χ2v) is 9.01. The Balaban J connectivity index is 0.000000774. The minimum Gasteiger partial charge on any atom is -1.00 e. The van der Waals surface area contributed by atoms with Crippen LogP contribution in [0, 0.1) is 0 Å². The molecule has 0 unspecified atom stereocenters. The maximum absolute atomic E-state index is 11.7. The number of anilines is 2. The fourth-order valence-corrected chi connectivity index (χ4v) is 4.48. The third kappa shape index (κ3) is 7.60. The number of H-pyrrole nitrogens is 2. The van der Waals surface area contributed by atoms with E-state index < -0.39 is 73.4 Å². The van der Waals surface area contributed by atoms with Crippen LogP contribution in [0.4, 0.5) is 11.9 Å². The second kappa shape index (κ2) is 16.6. The second-order valence-electron chi connectivity index (χ2n) is 9.01. The number of aromatic nitrogens is 8. The van der Waals surface area contributed by atoms with Gasteiger partial charge in [0.2, 0.25) is 11.9 Å². The van der Waals surface area contributed by atoms with E-state index in [-0.39, 0.29) is 92.4 Å². The van der Waals surface area contributed by atoms with Gasteiger partial charge in [-0.15, -0.1) is 0 Å². The molecule has 4 aromatic heterocycles. The van der Waals surface area contributed by atoms with Gasteiger partial charge < -0.3 is 88.7 Å². The molecule has 0 bridgehead atoms. The van der Waals surface area contributed by atoms with Gasteiger partial charge in [-0.3, -0.25) is 28.7 Å². The quantitative estimate of drug-likeness (QED) is 0.0906. The Bertz CT molecular complexity index is 1540. The molecule has 2 aliphatic heterocycles. The van der Waals surface area contributed by atoms with Crippen molar-refractivity contribution in [2.24, 2.45) is 0 Å². The van der Waals surface area contributed by atoms with Gasteiger partial charge in [0, 0.05) is 0 Å². The number of fused-ring (bicyclic) bond motifs is 2. The Morgan fingerprint density at radius 3 is 1.33 bits per heavy atom. The first kappa shape index (κ1) is 42.2. The topological polar surface area (TPSA) is 389 Å². The van der Waals surface area contributed by atoms with Crippen molar-refractivity contribution in [3.8, 4) is 0 Å². The zero-order chi connectivity index (χ0) is 28.9. The molecule has 18 N–H and O–H groups in total. The maximum atomic E-state index is 11.7. The van der Waals surface area contributed by atoms with Gasteiger partial charge in [-0.2, -0.15) is 9.97 Å². The smallest absolute Gasteiger partial charge is 1.00 e. The summed E-state index contributed by atoms with van der Waals surface area (Å²) in [5.41, 5.74) is 10.2. The summed E-state index contributed by atoms with van der Waals surface area (Å²) >= 11 is 0. The molecular formula is C20H32Cl2N12O10Pt. The molecule has 0 amide bonds. The molecule has 25 heteroatoms. The fraction of sp³-hybridized carbons (Fsp3) is 0.500. The van der Waals surface area contributed by atoms with Gasteiger partial charge in [0.05, 0.1) is 25.9 Å². The van der Waals surface area contributed by atoms with Crippen LogP contribution < -0.4 is 59.7 Å². The summed E-state index contributed by atoms with van der Waals surface area (Å²) in [4.78, 5) is 43.5. The molecule has 0 spiro atoms. The molecule has 4 aromatic rings. The Kier molecular flexibility index (Phi) is 15.6. The number of hydrogen-bond acceptors (Lipinski definition) is 18. The van der Waals surface area contributed by atoms with Crippen molar-refractivity contribution in [1.82, 2.24) is 51.3 Å². The number of nitrogens with one attached hydrogen (secondary N) is 2. The number of imidazole rings is 2. The standard InChI is InChI=1S/2C10H13N5O5.2ClH.2H3N.Pt/c2*11-10-13-7-4(8(19)14-10)12-2-15(7)9-6(18)5(17)3(1-16)20-9;;;;;/h2*2-3,5-6,9,16-18H,1H2,(H3,11,13,14,19);2*1H;2*1H3;/q;;;;;;+2/p-2/t2*3-,5-,6-,9-;;;;;/m11...../s1. The zero-order valence-electron chi connectivity index (χ0n) is 22.8. The van der Waals surface area contributed by atoms with Crippen LogP contribution in [-0.4, -0.2) is 120 Å². The van der Waals surface area contributed by atoms with Gasteiger partial charge in [-0.25, -0.2) is 9.97 Å². The number of nitrogens with zero attached hydrogens (tertiary/aromatic N) is 6. The monoisotopic (exact) mass is 865 g/mol. The zero-order valence-corrected chi connectivity index (χ0v) is 26.6.